The monoisotopic (exact) mass is 814 g/mol. The van der Waals surface area contributed by atoms with E-state index in [1.54, 1.807) is 0 Å². The van der Waals surface area contributed by atoms with Gasteiger partial charge in [-0.05, 0) is 36.4 Å². The lowest BCUT2D eigenvalue weighted by Crippen LogP contribution is -2.34. The molecule has 0 unspecified atom stereocenters. The van der Waals surface area contributed by atoms with Crippen LogP contribution in [0.25, 0.3) is 89.7 Å². The Kier molecular flexibility index (Phi) is 8.33. The van der Waals surface area contributed by atoms with Gasteiger partial charge in [-0.2, -0.15) is 0 Å². The summed E-state index contributed by atoms with van der Waals surface area (Å²) in [5.74, 6) is 4.34. The van der Waals surface area contributed by atoms with Crippen LogP contribution >= 0.6 is 0 Å². The standard InChI is InChI=1S/C50H42N10O2/c1-59(2,3)29-15-13-17-31(25-29)61-41-27-39-40(28-42(41)62-32-18-14-16-30(26-32)60(4,5)6)50-57-48-38-24-12-10-22-36(38)46(55-48)53-44-34-20-8-7-19-33(34)43(51-44)52-45-35-21-9-11-23-37(35)47(54-45)56-49(39)58-50/h7-28H,1-6H3,(H2,51,52,53,54,55,56,57,58)/q+2. The number of rotatable bonds is 6. The summed E-state index contributed by atoms with van der Waals surface area (Å²) in [6.07, 6.45) is 0. The van der Waals surface area contributed by atoms with Gasteiger partial charge in [-0.1, -0.05) is 84.9 Å². The number of hydrogen-bond acceptors (Lipinski definition) is 8. The molecule has 5 heterocycles. The molecular formula is C50H42N10O2+2. The molecule has 2 aliphatic rings. The highest BCUT2D eigenvalue weighted by atomic mass is 16.5. The van der Waals surface area contributed by atoms with Crippen molar-refractivity contribution in [3.63, 3.8) is 0 Å². The van der Waals surface area contributed by atoms with Crippen LogP contribution in [0.2, 0.25) is 0 Å². The lowest BCUT2D eigenvalue weighted by molar-refractivity contribution is 0.415. The highest BCUT2D eigenvalue weighted by Crippen LogP contribution is 2.46. The van der Waals surface area contributed by atoms with Crippen molar-refractivity contribution < 1.29 is 9.47 Å². The van der Waals surface area contributed by atoms with Crippen LogP contribution in [-0.2, 0) is 0 Å². The van der Waals surface area contributed by atoms with Crippen molar-refractivity contribution in [2.45, 2.75) is 0 Å². The van der Waals surface area contributed by atoms with Gasteiger partial charge in [0.05, 0.1) is 42.3 Å². The summed E-state index contributed by atoms with van der Waals surface area (Å²) in [7, 11) is 12.8. The second kappa shape index (κ2) is 13.9. The molecule has 12 nitrogen and oxygen atoms in total. The quantitative estimate of drug-likeness (QED) is 0.159. The molecule has 6 aromatic carbocycles. The molecule has 11 rings (SSSR count). The molecule has 9 aromatic rings. The van der Waals surface area contributed by atoms with Gasteiger partial charge in [-0.15, -0.1) is 0 Å². The molecule has 62 heavy (non-hydrogen) atoms. The Balaban J connectivity index is 1.21. The van der Waals surface area contributed by atoms with Gasteiger partial charge >= 0.3 is 0 Å². The van der Waals surface area contributed by atoms with Crippen molar-refractivity contribution in [3.05, 3.63) is 133 Å². The molecule has 0 saturated heterocycles. The Morgan fingerprint density at radius 1 is 0.355 bits per heavy atom. The average Bonchev–Trinajstić information content (AvgIpc) is 3.99. The normalized spacial score (nSPS) is 12.4. The van der Waals surface area contributed by atoms with E-state index >= 15 is 0 Å². The molecule has 0 fully saturated rings. The minimum atomic E-state index is 0.452. The molecule has 0 amide bonds. The minimum absolute atomic E-state index is 0.452. The molecule has 12 heteroatoms. The van der Waals surface area contributed by atoms with Crippen LogP contribution in [0, 0.1) is 0 Å². The van der Waals surface area contributed by atoms with E-state index in [1.165, 1.54) is 0 Å². The van der Waals surface area contributed by atoms with Gasteiger partial charge in [0.25, 0.3) is 0 Å². The minimum Gasteiger partial charge on any atom is -0.453 e. The second-order valence-corrected chi connectivity index (χ2v) is 17.3. The molecule has 0 saturated carbocycles. The summed E-state index contributed by atoms with van der Waals surface area (Å²) in [5, 5.41) is 3.57. The maximum Gasteiger partial charge on any atom is 0.170 e. The van der Waals surface area contributed by atoms with Crippen molar-refractivity contribution in [2.24, 2.45) is 0 Å². The Morgan fingerprint density at radius 3 is 1.05 bits per heavy atom. The van der Waals surface area contributed by atoms with Gasteiger partial charge in [0.1, 0.15) is 45.5 Å². The molecular weight excluding hydrogens is 773 g/mol. The van der Waals surface area contributed by atoms with Crippen LogP contribution in [0.4, 0.5) is 11.4 Å². The second-order valence-electron chi connectivity index (χ2n) is 17.3. The van der Waals surface area contributed by atoms with Gasteiger partial charge in [0.2, 0.25) is 0 Å². The molecule has 3 aromatic heterocycles. The number of fused-ring (bicyclic) bond motifs is 20. The zero-order valence-electron chi connectivity index (χ0n) is 35.1. The number of nitrogens with one attached hydrogen (secondary N) is 2. The van der Waals surface area contributed by atoms with E-state index in [9.17, 15) is 0 Å². The molecule has 8 bridgehead atoms. The molecule has 0 spiro atoms. The summed E-state index contributed by atoms with van der Waals surface area (Å²) >= 11 is 0. The van der Waals surface area contributed by atoms with E-state index in [2.05, 4.69) is 76.5 Å². The fraction of sp³-hybridized carbons (Fsp3) is 0.120. The van der Waals surface area contributed by atoms with Gasteiger partial charge in [0, 0.05) is 55.9 Å². The number of nitrogens with zero attached hydrogens (tertiary/aromatic N) is 8. The van der Waals surface area contributed by atoms with E-state index in [0.717, 1.165) is 55.2 Å². The highest BCUT2D eigenvalue weighted by Gasteiger charge is 2.26. The highest BCUT2D eigenvalue weighted by molar-refractivity contribution is 6.06. The summed E-state index contributed by atoms with van der Waals surface area (Å²) < 4.78 is 14.9. The van der Waals surface area contributed by atoms with E-state index < -0.39 is 0 Å². The predicted molar refractivity (Wildman–Crippen MR) is 248 cm³/mol. The number of aromatic amines is 2. The lowest BCUT2D eigenvalue weighted by atomic mass is 10.1. The maximum absolute atomic E-state index is 6.81. The van der Waals surface area contributed by atoms with Crippen molar-refractivity contribution in [1.82, 2.24) is 48.8 Å². The number of aromatic nitrogens is 8. The van der Waals surface area contributed by atoms with Crippen LogP contribution in [0.15, 0.2) is 133 Å². The molecule has 302 valence electrons. The fourth-order valence-electron chi connectivity index (χ4n) is 7.99. The van der Waals surface area contributed by atoms with Crippen LogP contribution in [0.5, 0.6) is 23.0 Å². The Morgan fingerprint density at radius 2 is 0.694 bits per heavy atom. The molecule has 0 atom stereocenters. The first-order valence-electron chi connectivity index (χ1n) is 20.4. The van der Waals surface area contributed by atoms with Crippen LogP contribution in [0.1, 0.15) is 0 Å². The first kappa shape index (κ1) is 37.2. The summed E-state index contributed by atoms with van der Waals surface area (Å²) in [4.78, 5) is 38.0. The Hall–Kier alpha value is -7.80. The third-order valence-electron chi connectivity index (χ3n) is 11.3. The Labute approximate surface area is 357 Å². The van der Waals surface area contributed by atoms with E-state index in [1.807, 2.05) is 109 Å². The largest absolute Gasteiger partial charge is 0.453 e. The van der Waals surface area contributed by atoms with Crippen molar-refractivity contribution >= 4 is 55.5 Å². The molecule has 2 N–H and O–H groups in total. The SMILES string of the molecule is C[N+](C)(C)c1cccc(Oc2cc3c(cc2Oc2cccc([N+](C)(C)C)c2)-c2nc-3nc3[nH]c(nc4nc(nc5[nH]c(n2)c2ccccc52)-c2ccccc2-4)c2ccccc32)c1. The van der Waals surface area contributed by atoms with Gasteiger partial charge in [-0.25, -0.2) is 29.9 Å². The maximum atomic E-state index is 6.81. The summed E-state index contributed by atoms with van der Waals surface area (Å²) in [6.45, 7) is 0. The van der Waals surface area contributed by atoms with Gasteiger partial charge < -0.3 is 19.4 Å². The number of quaternary nitrogens is 2. The smallest absolute Gasteiger partial charge is 0.170 e. The third-order valence-corrected chi connectivity index (χ3v) is 11.3. The zero-order valence-corrected chi connectivity index (χ0v) is 35.1. The van der Waals surface area contributed by atoms with Gasteiger partial charge in [0.15, 0.2) is 34.8 Å². The molecule has 0 radical (unpaired) electrons. The third kappa shape index (κ3) is 6.49. The van der Waals surface area contributed by atoms with E-state index in [-0.39, 0.29) is 0 Å². The fourth-order valence-corrected chi connectivity index (χ4v) is 7.99. The topological polar surface area (TPSA) is 127 Å². The molecule has 0 aliphatic carbocycles. The first-order chi connectivity index (χ1) is 29.9. The van der Waals surface area contributed by atoms with Crippen LogP contribution < -0.4 is 18.4 Å². The zero-order chi connectivity index (χ0) is 42.3. The number of hydrogen-bond donors (Lipinski definition) is 2. The first-order valence-corrected chi connectivity index (χ1v) is 20.4. The Bertz CT molecular complexity index is 3240. The number of ether oxygens (including phenoxy) is 2. The van der Waals surface area contributed by atoms with Crippen molar-refractivity contribution in [2.75, 3.05) is 42.3 Å². The molecule has 2 aliphatic heterocycles. The number of H-pyrrole nitrogens is 2. The van der Waals surface area contributed by atoms with Crippen molar-refractivity contribution in [3.8, 4) is 68.5 Å². The summed E-state index contributed by atoms with van der Waals surface area (Å²) in [5.41, 5.74) is 7.86. The van der Waals surface area contributed by atoms with Crippen LogP contribution in [-0.4, -0.2) is 82.2 Å². The van der Waals surface area contributed by atoms with Gasteiger partial charge in [-0.3, -0.25) is 8.97 Å². The van der Waals surface area contributed by atoms with E-state index in [0.29, 0.717) is 77.9 Å². The van der Waals surface area contributed by atoms with Crippen molar-refractivity contribution in [1.29, 1.82) is 0 Å². The van der Waals surface area contributed by atoms with E-state index in [4.69, 9.17) is 39.4 Å². The van der Waals surface area contributed by atoms with Crippen LogP contribution in [0.3, 0.4) is 0 Å². The number of benzene rings is 6. The lowest BCUT2D eigenvalue weighted by Gasteiger charge is -2.24. The summed E-state index contributed by atoms with van der Waals surface area (Å²) in [6, 6.07) is 44.3. The predicted octanol–water partition coefficient (Wildman–Crippen LogP) is 10.8. The average molecular weight is 815 g/mol.